The number of carboxylic acid groups (broad SMARTS) is 2. The summed E-state index contributed by atoms with van der Waals surface area (Å²) >= 11 is 1.39. The Kier molecular flexibility index (Phi) is 14.9. The number of benzene rings is 1. The predicted molar refractivity (Wildman–Crippen MR) is 140 cm³/mol. The number of carbonyl (C=O) groups excluding carboxylic acids is 3. The van der Waals surface area contributed by atoms with Crippen LogP contribution in [0.4, 0.5) is 0 Å². The molecule has 0 aliphatic carbocycles. The van der Waals surface area contributed by atoms with Gasteiger partial charge in [-0.25, -0.2) is 4.79 Å². The second-order valence-electron chi connectivity index (χ2n) is 8.48. The summed E-state index contributed by atoms with van der Waals surface area (Å²) in [4.78, 5) is 61.5. The zero-order valence-electron chi connectivity index (χ0n) is 20.9. The minimum absolute atomic E-state index is 0.0564. The summed E-state index contributed by atoms with van der Waals surface area (Å²) < 4.78 is 0. The summed E-state index contributed by atoms with van der Waals surface area (Å²) in [5.41, 5.74) is 12.1. The van der Waals surface area contributed by atoms with Crippen LogP contribution in [0.1, 0.15) is 37.7 Å². The molecule has 0 aromatic heterocycles. The van der Waals surface area contributed by atoms with Gasteiger partial charge in [-0.05, 0) is 43.4 Å². The maximum atomic E-state index is 13.2. The van der Waals surface area contributed by atoms with Crippen molar-refractivity contribution in [1.29, 1.82) is 0 Å². The molecule has 3 amide bonds. The van der Waals surface area contributed by atoms with Crippen molar-refractivity contribution in [1.82, 2.24) is 16.0 Å². The minimum atomic E-state index is -1.56. The van der Waals surface area contributed by atoms with Crippen LogP contribution >= 0.6 is 11.8 Å². The fourth-order valence-electron chi connectivity index (χ4n) is 3.40. The number of carboxylic acids is 2. The van der Waals surface area contributed by atoms with Crippen molar-refractivity contribution in [2.75, 3.05) is 18.6 Å². The highest BCUT2D eigenvalue weighted by molar-refractivity contribution is 7.98. The Hall–Kier alpha value is -3.16. The highest BCUT2D eigenvalue weighted by Gasteiger charge is 2.31. The zero-order valence-corrected chi connectivity index (χ0v) is 21.7. The second-order valence-corrected chi connectivity index (χ2v) is 9.47. The first-order chi connectivity index (χ1) is 17.6. The molecule has 1 aromatic rings. The largest absolute Gasteiger partial charge is 0.481 e. The highest BCUT2D eigenvalue weighted by atomic mass is 32.2. The van der Waals surface area contributed by atoms with Crippen LogP contribution < -0.4 is 27.4 Å². The number of carbonyl (C=O) groups is 5. The standard InChI is InChI=1S/C24H37N5O7S/c1-37-12-10-17(24(35)36)27-23(34)19(14-20(30)31)29-22(33)18(13-15-7-3-2-4-8-15)28-21(32)16(26)9-5-6-11-25/h2-4,7-8,16-19H,5-6,9-14,25-26H2,1H3,(H,27,34)(H,28,32)(H,29,33)(H,30,31)(H,35,36). The molecule has 0 spiro atoms. The van der Waals surface area contributed by atoms with E-state index in [9.17, 15) is 34.2 Å². The van der Waals surface area contributed by atoms with Crippen LogP contribution in [0.15, 0.2) is 30.3 Å². The van der Waals surface area contributed by atoms with Crippen molar-refractivity contribution in [2.45, 2.75) is 62.7 Å². The average molecular weight is 540 g/mol. The Balaban J connectivity index is 3.05. The minimum Gasteiger partial charge on any atom is -0.481 e. The van der Waals surface area contributed by atoms with E-state index in [4.69, 9.17) is 11.5 Å². The van der Waals surface area contributed by atoms with Gasteiger partial charge in [0, 0.05) is 6.42 Å². The van der Waals surface area contributed by atoms with Gasteiger partial charge in [-0.1, -0.05) is 36.8 Å². The third kappa shape index (κ3) is 12.6. The lowest BCUT2D eigenvalue weighted by Crippen LogP contribution is -2.58. The van der Waals surface area contributed by atoms with Gasteiger partial charge in [0.1, 0.15) is 18.1 Å². The summed E-state index contributed by atoms with van der Waals surface area (Å²) in [6.07, 6.45) is 2.85. The van der Waals surface area contributed by atoms with Crippen molar-refractivity contribution in [3.8, 4) is 0 Å². The van der Waals surface area contributed by atoms with Crippen LogP contribution in [0, 0.1) is 0 Å². The maximum absolute atomic E-state index is 13.2. The van der Waals surface area contributed by atoms with E-state index in [1.54, 1.807) is 36.6 Å². The molecular weight excluding hydrogens is 502 g/mol. The molecule has 12 nitrogen and oxygen atoms in total. The van der Waals surface area contributed by atoms with Crippen molar-refractivity contribution in [2.24, 2.45) is 11.5 Å². The van der Waals surface area contributed by atoms with Crippen LogP contribution in [-0.4, -0.2) is 82.6 Å². The van der Waals surface area contributed by atoms with E-state index in [0.717, 1.165) is 0 Å². The van der Waals surface area contributed by atoms with E-state index < -0.39 is 60.2 Å². The number of unbranched alkanes of at least 4 members (excludes halogenated alkanes) is 1. The Morgan fingerprint density at radius 3 is 2.03 bits per heavy atom. The van der Waals surface area contributed by atoms with Gasteiger partial charge in [0.25, 0.3) is 0 Å². The number of thioether (sulfide) groups is 1. The lowest BCUT2D eigenvalue weighted by Gasteiger charge is -2.24. The van der Waals surface area contributed by atoms with Crippen molar-refractivity contribution in [3.63, 3.8) is 0 Å². The topological polar surface area (TPSA) is 214 Å². The molecule has 37 heavy (non-hydrogen) atoms. The molecule has 4 atom stereocenters. The van der Waals surface area contributed by atoms with Gasteiger partial charge >= 0.3 is 11.9 Å². The second kappa shape index (κ2) is 17.3. The fourth-order valence-corrected chi connectivity index (χ4v) is 3.87. The maximum Gasteiger partial charge on any atom is 0.326 e. The first-order valence-corrected chi connectivity index (χ1v) is 13.3. The van der Waals surface area contributed by atoms with Crippen LogP contribution in [0.5, 0.6) is 0 Å². The SMILES string of the molecule is CSCCC(NC(=O)C(CC(=O)O)NC(=O)C(Cc1ccccc1)NC(=O)C(N)CCCCN)C(=O)O. The summed E-state index contributed by atoms with van der Waals surface area (Å²) in [7, 11) is 0. The summed E-state index contributed by atoms with van der Waals surface area (Å²) in [5.74, 6) is -4.53. The molecule has 1 rings (SSSR count). The first kappa shape index (κ1) is 31.9. The smallest absolute Gasteiger partial charge is 0.326 e. The number of aliphatic carboxylic acids is 2. The fraction of sp³-hybridized carbons (Fsp3) is 0.542. The van der Waals surface area contributed by atoms with Crippen LogP contribution in [0.3, 0.4) is 0 Å². The molecule has 0 heterocycles. The normalized spacial score (nSPS) is 14.0. The lowest BCUT2D eigenvalue weighted by atomic mass is 10.0. The summed E-state index contributed by atoms with van der Waals surface area (Å²) in [5, 5.41) is 25.9. The van der Waals surface area contributed by atoms with E-state index in [2.05, 4.69) is 16.0 Å². The molecule has 0 radical (unpaired) electrons. The molecule has 0 saturated carbocycles. The number of hydrogen-bond donors (Lipinski definition) is 7. The monoisotopic (exact) mass is 539 g/mol. The predicted octanol–water partition coefficient (Wildman–Crippen LogP) is -0.548. The number of nitrogens with one attached hydrogen (secondary N) is 3. The molecule has 0 bridgehead atoms. The highest BCUT2D eigenvalue weighted by Crippen LogP contribution is 2.07. The molecule has 0 aliphatic rings. The van der Waals surface area contributed by atoms with Crippen molar-refractivity contribution < 1.29 is 34.2 Å². The van der Waals surface area contributed by atoms with E-state index in [1.165, 1.54) is 11.8 Å². The number of amides is 3. The number of hydrogen-bond acceptors (Lipinski definition) is 8. The third-order valence-electron chi connectivity index (χ3n) is 5.46. The average Bonchev–Trinajstić information content (AvgIpc) is 2.85. The molecule has 4 unspecified atom stereocenters. The molecule has 0 saturated heterocycles. The van der Waals surface area contributed by atoms with Crippen LogP contribution in [0.25, 0.3) is 0 Å². The molecule has 1 aromatic carbocycles. The van der Waals surface area contributed by atoms with Gasteiger partial charge in [0.2, 0.25) is 17.7 Å². The van der Waals surface area contributed by atoms with Gasteiger partial charge in [0.15, 0.2) is 0 Å². The van der Waals surface area contributed by atoms with Crippen molar-refractivity contribution in [3.05, 3.63) is 35.9 Å². The lowest BCUT2D eigenvalue weighted by molar-refractivity contribution is -0.143. The first-order valence-electron chi connectivity index (χ1n) is 11.9. The Morgan fingerprint density at radius 2 is 1.46 bits per heavy atom. The van der Waals surface area contributed by atoms with E-state index in [0.29, 0.717) is 37.1 Å². The van der Waals surface area contributed by atoms with E-state index >= 15 is 0 Å². The Morgan fingerprint density at radius 1 is 0.865 bits per heavy atom. The van der Waals surface area contributed by atoms with Gasteiger partial charge in [-0.15, -0.1) is 0 Å². The van der Waals surface area contributed by atoms with Crippen LogP contribution in [-0.2, 0) is 30.4 Å². The Bertz CT molecular complexity index is 903. The molecule has 13 heteroatoms. The summed E-state index contributed by atoms with van der Waals surface area (Å²) in [6, 6.07) is 3.94. The van der Waals surface area contributed by atoms with Gasteiger partial charge in [0.05, 0.1) is 12.5 Å². The molecule has 0 aliphatic heterocycles. The van der Waals surface area contributed by atoms with Crippen molar-refractivity contribution >= 4 is 41.4 Å². The number of rotatable bonds is 18. The van der Waals surface area contributed by atoms with Crippen LogP contribution in [0.2, 0.25) is 0 Å². The molecule has 0 fully saturated rings. The molecular formula is C24H37N5O7S. The van der Waals surface area contributed by atoms with E-state index in [-0.39, 0.29) is 12.8 Å². The van der Waals surface area contributed by atoms with Gasteiger partial charge in [-0.2, -0.15) is 11.8 Å². The van der Waals surface area contributed by atoms with E-state index in [1.807, 2.05) is 0 Å². The molecule has 9 N–H and O–H groups in total. The number of nitrogens with two attached hydrogens (primary N) is 2. The molecule has 206 valence electrons. The quantitative estimate of drug-likeness (QED) is 0.118. The Labute approximate surface area is 220 Å². The van der Waals surface area contributed by atoms with Gasteiger partial charge in [-0.3, -0.25) is 19.2 Å². The van der Waals surface area contributed by atoms with Gasteiger partial charge < -0.3 is 37.6 Å². The summed E-state index contributed by atoms with van der Waals surface area (Å²) in [6.45, 7) is 0.459. The zero-order chi connectivity index (χ0) is 27.8. The third-order valence-corrected chi connectivity index (χ3v) is 6.10.